The van der Waals surface area contributed by atoms with Gasteiger partial charge in [-0.3, -0.25) is 0 Å². The maximum atomic E-state index is 12.0. The molecule has 306 valence electrons. The minimum Gasteiger partial charge on any atom is -0.394 e. The fourth-order valence-electron chi connectivity index (χ4n) is 12.7. The lowest BCUT2D eigenvalue weighted by Gasteiger charge is -2.61. The Labute approximate surface area is 312 Å². The number of hydrogen-bond acceptors (Lipinski definition) is 14. The molecule has 0 bridgehead atoms. The molecule has 14 heteroatoms. The van der Waals surface area contributed by atoms with Gasteiger partial charge < -0.3 is 69.6 Å². The molecule has 0 unspecified atom stereocenters. The summed E-state index contributed by atoms with van der Waals surface area (Å²) in [6.07, 6.45) is -3.89. The molecule has 4 aliphatic carbocycles. The van der Waals surface area contributed by atoms with Crippen LogP contribution in [0.25, 0.3) is 0 Å². The number of hydrogen-bond donors (Lipinski definition) is 9. The highest BCUT2D eigenvalue weighted by Gasteiger charge is 2.68. The zero-order valence-electron chi connectivity index (χ0n) is 31.7. The summed E-state index contributed by atoms with van der Waals surface area (Å²) in [5.74, 6) is 1.11. The SMILES string of the molecule is C[C@H](CC[C@@]1(O)O[C@H]2C[C@H]3[C@@H]4CC[C@@H]5C[C@@H](O[C@@H]6O[C@H](CO)[C@H](O)[C@H](O)[C@H]6O)CC[C@]5(C)[C@H]4CC[C@]3(C)[C@H]2[C@@H]1C)CO[C@@H]1O[C@H](CO)[C@@H](O)[C@H](O)[C@H]1O. The molecule has 4 saturated carbocycles. The van der Waals surface area contributed by atoms with Crippen LogP contribution < -0.4 is 0 Å². The van der Waals surface area contributed by atoms with Gasteiger partial charge in [0.1, 0.15) is 48.8 Å². The summed E-state index contributed by atoms with van der Waals surface area (Å²) < 4.78 is 29.8. The summed E-state index contributed by atoms with van der Waals surface area (Å²) >= 11 is 0. The average Bonchev–Trinajstić information content (AvgIpc) is 3.57. The van der Waals surface area contributed by atoms with Gasteiger partial charge in [-0.25, -0.2) is 0 Å². The molecule has 3 saturated heterocycles. The van der Waals surface area contributed by atoms with E-state index in [0.717, 1.165) is 51.4 Å². The fourth-order valence-corrected chi connectivity index (χ4v) is 12.7. The third-order valence-electron chi connectivity index (χ3n) is 15.9. The largest absolute Gasteiger partial charge is 0.394 e. The van der Waals surface area contributed by atoms with E-state index in [1.807, 2.05) is 6.92 Å². The Morgan fingerprint density at radius 3 is 2.02 bits per heavy atom. The first kappa shape index (κ1) is 40.6. The quantitative estimate of drug-likeness (QED) is 0.138. The van der Waals surface area contributed by atoms with Gasteiger partial charge in [-0.1, -0.05) is 27.7 Å². The van der Waals surface area contributed by atoms with Crippen molar-refractivity contribution in [1.29, 1.82) is 0 Å². The predicted molar refractivity (Wildman–Crippen MR) is 186 cm³/mol. The van der Waals surface area contributed by atoms with Crippen LogP contribution in [0.15, 0.2) is 0 Å². The summed E-state index contributed by atoms with van der Waals surface area (Å²) in [4.78, 5) is 0. The van der Waals surface area contributed by atoms with Crippen molar-refractivity contribution in [2.75, 3.05) is 19.8 Å². The zero-order valence-corrected chi connectivity index (χ0v) is 31.7. The molecule has 3 heterocycles. The molecule has 3 aliphatic heterocycles. The van der Waals surface area contributed by atoms with E-state index in [-0.39, 0.29) is 47.4 Å². The fraction of sp³-hybridized carbons (Fsp3) is 1.00. The zero-order chi connectivity index (χ0) is 38.2. The number of aliphatic hydroxyl groups excluding tert-OH is 8. The van der Waals surface area contributed by atoms with E-state index < -0.39 is 80.4 Å². The summed E-state index contributed by atoms with van der Waals surface area (Å²) in [5.41, 5.74) is 0.235. The first-order valence-corrected chi connectivity index (χ1v) is 20.3. The molecule has 9 N–H and O–H groups in total. The molecular weight excluding hydrogens is 692 g/mol. The van der Waals surface area contributed by atoms with Crippen LogP contribution >= 0.6 is 0 Å². The van der Waals surface area contributed by atoms with Gasteiger partial charge in [-0.05, 0) is 104 Å². The van der Waals surface area contributed by atoms with Crippen LogP contribution in [0.2, 0.25) is 0 Å². The molecule has 0 radical (unpaired) electrons. The summed E-state index contributed by atoms with van der Waals surface area (Å²) in [5, 5.41) is 92.5. The molecule has 7 fully saturated rings. The lowest BCUT2D eigenvalue weighted by atomic mass is 9.44. The predicted octanol–water partition coefficient (Wildman–Crippen LogP) is 0.397. The number of ether oxygens (including phenoxy) is 5. The molecule has 0 amide bonds. The second kappa shape index (κ2) is 15.3. The van der Waals surface area contributed by atoms with Crippen molar-refractivity contribution in [1.82, 2.24) is 0 Å². The summed E-state index contributed by atoms with van der Waals surface area (Å²) in [6, 6.07) is 0. The summed E-state index contributed by atoms with van der Waals surface area (Å²) in [7, 11) is 0. The Hall–Kier alpha value is -0.560. The van der Waals surface area contributed by atoms with Gasteiger partial charge in [0.15, 0.2) is 18.4 Å². The van der Waals surface area contributed by atoms with Gasteiger partial charge in [0, 0.05) is 12.3 Å². The van der Waals surface area contributed by atoms with Crippen LogP contribution in [0.3, 0.4) is 0 Å². The monoisotopic (exact) mass is 758 g/mol. The normalized spacial score (nSPS) is 55.9. The van der Waals surface area contributed by atoms with Gasteiger partial charge in [-0.15, -0.1) is 0 Å². The molecule has 0 spiro atoms. The number of rotatable bonds is 10. The first-order chi connectivity index (χ1) is 25.1. The molecule has 53 heavy (non-hydrogen) atoms. The van der Waals surface area contributed by atoms with E-state index in [1.165, 1.54) is 0 Å². The highest BCUT2D eigenvalue weighted by atomic mass is 16.7. The smallest absolute Gasteiger partial charge is 0.186 e. The van der Waals surface area contributed by atoms with Crippen molar-refractivity contribution in [2.24, 2.45) is 52.3 Å². The maximum absolute atomic E-state index is 12.0. The first-order valence-electron chi connectivity index (χ1n) is 20.3. The van der Waals surface area contributed by atoms with Crippen molar-refractivity contribution in [3.8, 4) is 0 Å². The molecule has 0 aromatic heterocycles. The van der Waals surface area contributed by atoms with Gasteiger partial charge in [0.25, 0.3) is 0 Å². The average molecular weight is 759 g/mol. The van der Waals surface area contributed by atoms with Crippen molar-refractivity contribution in [3.63, 3.8) is 0 Å². The molecule has 7 rings (SSSR count). The standard InChI is InChI=1S/C39H66O14/c1-18(17-49-35-33(46)31(44)29(42)26(15-40)51-35)7-12-39(48)19(2)28-25(53-39)14-24-22-6-5-20-13-21(8-10-37(20,3)23(22)9-11-38(24,28)4)50-36-34(47)32(45)30(43)27(16-41)52-36/h18-36,40-48H,5-17H2,1-4H3/t18-,19+,20-,21+,22-,23+,24+,25+,26-,27-,28+,29-,30+,31+,32+,33-,34-,35-,36-,37+,38+,39-/m1/s1. The summed E-state index contributed by atoms with van der Waals surface area (Å²) in [6.45, 7) is 8.25. The second-order valence-electron chi connectivity index (χ2n) is 18.7. The maximum Gasteiger partial charge on any atom is 0.186 e. The topological polar surface area (TPSA) is 228 Å². The van der Waals surface area contributed by atoms with Gasteiger partial charge in [0.2, 0.25) is 0 Å². The van der Waals surface area contributed by atoms with Crippen molar-refractivity contribution < 1.29 is 69.6 Å². The van der Waals surface area contributed by atoms with E-state index in [0.29, 0.717) is 36.5 Å². The van der Waals surface area contributed by atoms with Crippen LogP contribution in [0.1, 0.15) is 91.9 Å². The second-order valence-corrected chi connectivity index (χ2v) is 18.7. The van der Waals surface area contributed by atoms with E-state index >= 15 is 0 Å². The van der Waals surface area contributed by atoms with Crippen LogP contribution in [0.4, 0.5) is 0 Å². The van der Waals surface area contributed by atoms with E-state index in [2.05, 4.69) is 20.8 Å². The van der Waals surface area contributed by atoms with Crippen molar-refractivity contribution in [2.45, 2.75) is 171 Å². The molecule has 22 atom stereocenters. The van der Waals surface area contributed by atoms with Gasteiger partial charge >= 0.3 is 0 Å². The van der Waals surface area contributed by atoms with Crippen LogP contribution in [0.5, 0.6) is 0 Å². The number of aliphatic hydroxyl groups is 9. The minimum absolute atomic E-state index is 0.00220. The minimum atomic E-state index is -1.49. The molecule has 0 aromatic carbocycles. The van der Waals surface area contributed by atoms with E-state index in [4.69, 9.17) is 23.7 Å². The van der Waals surface area contributed by atoms with E-state index in [9.17, 15) is 46.0 Å². The van der Waals surface area contributed by atoms with Crippen molar-refractivity contribution in [3.05, 3.63) is 0 Å². The molecular formula is C39H66O14. The van der Waals surface area contributed by atoms with Crippen LogP contribution in [-0.2, 0) is 23.7 Å². The number of fused-ring (bicyclic) bond motifs is 7. The Morgan fingerprint density at radius 1 is 0.736 bits per heavy atom. The highest BCUT2D eigenvalue weighted by Crippen LogP contribution is 2.71. The lowest BCUT2D eigenvalue weighted by Crippen LogP contribution is -2.60. The van der Waals surface area contributed by atoms with Gasteiger partial charge in [0.05, 0.1) is 32.0 Å². The Balaban J connectivity index is 0.931. The van der Waals surface area contributed by atoms with Gasteiger partial charge in [-0.2, -0.15) is 0 Å². The van der Waals surface area contributed by atoms with Crippen LogP contribution in [-0.4, -0.2) is 145 Å². The third-order valence-corrected chi connectivity index (χ3v) is 15.9. The molecule has 14 nitrogen and oxygen atoms in total. The van der Waals surface area contributed by atoms with Crippen LogP contribution in [0, 0.1) is 52.3 Å². The molecule has 7 aliphatic rings. The lowest BCUT2D eigenvalue weighted by molar-refractivity contribution is -0.316. The Morgan fingerprint density at radius 2 is 1.36 bits per heavy atom. The van der Waals surface area contributed by atoms with Crippen molar-refractivity contribution >= 4 is 0 Å². The highest BCUT2D eigenvalue weighted by molar-refractivity contribution is 5.15. The Bertz CT molecular complexity index is 1260. The third kappa shape index (κ3) is 6.96. The van der Waals surface area contributed by atoms with E-state index in [1.54, 1.807) is 0 Å². The molecule has 0 aromatic rings. The Kier molecular flexibility index (Phi) is 11.7.